The second-order valence-corrected chi connectivity index (χ2v) is 5.27. The number of carbonyl (C=O) groups is 2. The molecule has 110 valence electrons. The van der Waals surface area contributed by atoms with Gasteiger partial charge < -0.3 is 10.0 Å². The van der Waals surface area contributed by atoms with Gasteiger partial charge in [-0.2, -0.15) is 5.10 Å². The van der Waals surface area contributed by atoms with E-state index in [0.29, 0.717) is 10.9 Å². The summed E-state index contributed by atoms with van der Waals surface area (Å²) < 4.78 is 1.50. The molecule has 3 rings (SSSR count). The highest BCUT2D eigenvalue weighted by molar-refractivity contribution is 6.01. The largest absolute Gasteiger partial charge is 0.476 e. The molecule has 0 spiro atoms. The maximum Gasteiger partial charge on any atom is 0.357 e. The molecule has 2 aromatic rings. The van der Waals surface area contributed by atoms with Gasteiger partial charge in [-0.1, -0.05) is 18.2 Å². The van der Waals surface area contributed by atoms with Gasteiger partial charge in [0.15, 0.2) is 5.69 Å². The predicted molar refractivity (Wildman–Crippen MR) is 77.1 cm³/mol. The number of hydrogen-bond donors (Lipinski definition) is 1. The summed E-state index contributed by atoms with van der Waals surface area (Å²) in [6.07, 6.45) is 3.23. The Morgan fingerprint density at radius 1 is 1.14 bits per heavy atom. The van der Waals surface area contributed by atoms with E-state index in [2.05, 4.69) is 5.10 Å². The van der Waals surface area contributed by atoms with E-state index in [1.165, 1.54) is 4.68 Å². The number of benzene rings is 1. The fourth-order valence-electron chi connectivity index (χ4n) is 2.78. The Kier molecular flexibility index (Phi) is 3.60. The first-order valence-corrected chi connectivity index (χ1v) is 7.13. The molecule has 0 unspecified atom stereocenters. The molecule has 2 heterocycles. The maximum absolute atomic E-state index is 12.3. The molecule has 1 aromatic heterocycles. The summed E-state index contributed by atoms with van der Waals surface area (Å²) in [4.78, 5) is 25.4. The van der Waals surface area contributed by atoms with Crippen molar-refractivity contribution in [3.8, 4) is 0 Å². The number of nitrogens with zero attached hydrogens (tertiary/aromatic N) is 3. The van der Waals surface area contributed by atoms with Gasteiger partial charge in [0.05, 0.1) is 5.52 Å². The van der Waals surface area contributed by atoms with E-state index >= 15 is 0 Å². The van der Waals surface area contributed by atoms with Crippen LogP contribution in [0.2, 0.25) is 0 Å². The molecule has 21 heavy (non-hydrogen) atoms. The van der Waals surface area contributed by atoms with Crippen molar-refractivity contribution in [2.75, 3.05) is 13.1 Å². The highest BCUT2D eigenvalue weighted by Crippen LogP contribution is 2.19. The normalized spacial score (nSPS) is 15.3. The van der Waals surface area contributed by atoms with Crippen molar-refractivity contribution in [3.63, 3.8) is 0 Å². The van der Waals surface area contributed by atoms with Crippen LogP contribution >= 0.6 is 0 Å². The Balaban J connectivity index is 1.90. The van der Waals surface area contributed by atoms with Gasteiger partial charge >= 0.3 is 5.97 Å². The molecule has 1 fully saturated rings. The Hall–Kier alpha value is -2.37. The SMILES string of the molecule is O=C(O)c1nn(CC(=O)N2CCCCC2)c2ccccc12. The number of carbonyl (C=O) groups excluding carboxylic acids is 1. The molecule has 0 aliphatic carbocycles. The minimum atomic E-state index is -1.07. The number of amides is 1. The van der Waals surface area contributed by atoms with Gasteiger partial charge in [-0.25, -0.2) is 4.79 Å². The van der Waals surface area contributed by atoms with Crippen LogP contribution < -0.4 is 0 Å². The molecular formula is C15H17N3O3. The van der Waals surface area contributed by atoms with E-state index in [9.17, 15) is 14.7 Å². The summed E-state index contributed by atoms with van der Waals surface area (Å²) in [7, 11) is 0. The summed E-state index contributed by atoms with van der Waals surface area (Å²) in [5.41, 5.74) is 0.678. The van der Waals surface area contributed by atoms with Gasteiger partial charge in [0.1, 0.15) is 6.54 Å². The zero-order valence-corrected chi connectivity index (χ0v) is 11.7. The number of rotatable bonds is 3. The summed E-state index contributed by atoms with van der Waals surface area (Å²) in [5.74, 6) is -1.07. The van der Waals surface area contributed by atoms with Gasteiger partial charge in [0.2, 0.25) is 5.91 Å². The zero-order chi connectivity index (χ0) is 14.8. The highest BCUT2D eigenvalue weighted by atomic mass is 16.4. The standard InChI is InChI=1S/C15H17N3O3/c19-13(17-8-4-1-5-9-17)10-18-12-7-3-2-6-11(12)14(16-18)15(20)21/h2-3,6-7H,1,4-5,8-10H2,(H,20,21). The average Bonchev–Trinajstić information content (AvgIpc) is 2.87. The van der Waals surface area contributed by atoms with E-state index in [0.717, 1.165) is 32.4 Å². The molecule has 1 amide bonds. The number of carboxylic acid groups (broad SMARTS) is 1. The van der Waals surface area contributed by atoms with Crippen molar-refractivity contribution in [1.82, 2.24) is 14.7 Å². The molecule has 1 aliphatic heterocycles. The number of para-hydroxylation sites is 1. The van der Waals surface area contributed by atoms with Crippen LogP contribution in [0.15, 0.2) is 24.3 Å². The minimum Gasteiger partial charge on any atom is -0.476 e. The summed E-state index contributed by atoms with van der Waals surface area (Å²) in [5, 5.41) is 13.9. The molecular weight excluding hydrogens is 270 g/mol. The van der Waals surface area contributed by atoms with Crippen LogP contribution in [0.25, 0.3) is 10.9 Å². The van der Waals surface area contributed by atoms with Crippen molar-refractivity contribution in [2.45, 2.75) is 25.8 Å². The van der Waals surface area contributed by atoms with Gasteiger partial charge in [-0.05, 0) is 25.3 Å². The second-order valence-electron chi connectivity index (χ2n) is 5.27. The lowest BCUT2D eigenvalue weighted by atomic mass is 10.1. The zero-order valence-electron chi connectivity index (χ0n) is 11.7. The molecule has 1 aromatic carbocycles. The third-order valence-electron chi connectivity index (χ3n) is 3.85. The van der Waals surface area contributed by atoms with Crippen LogP contribution in [0.1, 0.15) is 29.8 Å². The van der Waals surface area contributed by atoms with Crippen molar-refractivity contribution in [3.05, 3.63) is 30.0 Å². The van der Waals surface area contributed by atoms with Crippen LogP contribution in [0, 0.1) is 0 Å². The molecule has 0 saturated carbocycles. The van der Waals surface area contributed by atoms with Crippen molar-refractivity contribution < 1.29 is 14.7 Å². The average molecular weight is 287 g/mol. The number of fused-ring (bicyclic) bond motifs is 1. The van der Waals surface area contributed by atoms with Crippen molar-refractivity contribution in [2.24, 2.45) is 0 Å². The molecule has 1 N–H and O–H groups in total. The molecule has 6 nitrogen and oxygen atoms in total. The van der Waals surface area contributed by atoms with Gasteiger partial charge in [0, 0.05) is 18.5 Å². The van der Waals surface area contributed by atoms with Crippen LogP contribution in [0.4, 0.5) is 0 Å². The predicted octanol–water partition coefficient (Wildman–Crippen LogP) is 1.75. The van der Waals surface area contributed by atoms with Crippen molar-refractivity contribution in [1.29, 1.82) is 0 Å². The highest BCUT2D eigenvalue weighted by Gasteiger charge is 2.20. The van der Waals surface area contributed by atoms with E-state index < -0.39 is 5.97 Å². The summed E-state index contributed by atoms with van der Waals surface area (Å²) in [6.45, 7) is 1.65. The van der Waals surface area contributed by atoms with Crippen LogP contribution in [0.3, 0.4) is 0 Å². The Morgan fingerprint density at radius 2 is 1.86 bits per heavy atom. The van der Waals surface area contributed by atoms with E-state index in [4.69, 9.17) is 0 Å². The first-order chi connectivity index (χ1) is 10.2. The van der Waals surface area contributed by atoms with E-state index in [1.807, 2.05) is 11.0 Å². The molecule has 1 saturated heterocycles. The maximum atomic E-state index is 12.3. The van der Waals surface area contributed by atoms with Gasteiger partial charge in [-0.3, -0.25) is 9.48 Å². The number of aromatic nitrogens is 2. The van der Waals surface area contributed by atoms with Crippen LogP contribution in [-0.4, -0.2) is 44.8 Å². The monoisotopic (exact) mass is 287 g/mol. The fraction of sp³-hybridized carbons (Fsp3) is 0.400. The number of likely N-dealkylation sites (tertiary alicyclic amines) is 1. The second kappa shape index (κ2) is 5.55. The number of aromatic carboxylic acids is 1. The molecule has 0 radical (unpaired) electrons. The Morgan fingerprint density at radius 3 is 2.57 bits per heavy atom. The number of carboxylic acids is 1. The van der Waals surface area contributed by atoms with Gasteiger partial charge in [-0.15, -0.1) is 0 Å². The number of piperidine rings is 1. The van der Waals surface area contributed by atoms with Crippen molar-refractivity contribution >= 4 is 22.8 Å². The Bertz CT molecular complexity index is 687. The first-order valence-electron chi connectivity index (χ1n) is 7.13. The topological polar surface area (TPSA) is 75.4 Å². The number of hydrogen-bond acceptors (Lipinski definition) is 3. The van der Waals surface area contributed by atoms with Crippen LogP contribution in [0.5, 0.6) is 0 Å². The molecule has 0 bridgehead atoms. The van der Waals surface area contributed by atoms with E-state index in [1.54, 1.807) is 18.2 Å². The fourth-order valence-corrected chi connectivity index (χ4v) is 2.78. The summed E-state index contributed by atoms with van der Waals surface area (Å²) in [6, 6.07) is 7.09. The Labute approximate surface area is 122 Å². The minimum absolute atomic E-state index is 0.000100. The third-order valence-corrected chi connectivity index (χ3v) is 3.85. The lowest BCUT2D eigenvalue weighted by Crippen LogP contribution is -2.38. The van der Waals surface area contributed by atoms with E-state index in [-0.39, 0.29) is 18.1 Å². The van der Waals surface area contributed by atoms with Crippen LogP contribution in [-0.2, 0) is 11.3 Å². The molecule has 0 atom stereocenters. The first kappa shape index (κ1) is 13.6. The lowest BCUT2D eigenvalue weighted by Gasteiger charge is -2.26. The lowest BCUT2D eigenvalue weighted by molar-refractivity contribution is -0.132. The smallest absolute Gasteiger partial charge is 0.357 e. The molecule has 1 aliphatic rings. The molecule has 6 heteroatoms. The summed E-state index contributed by atoms with van der Waals surface area (Å²) >= 11 is 0. The van der Waals surface area contributed by atoms with Gasteiger partial charge in [0.25, 0.3) is 0 Å². The third kappa shape index (κ3) is 2.61. The quantitative estimate of drug-likeness (QED) is 0.933.